The minimum Gasteiger partial charge on any atom is -0.481 e. The first kappa shape index (κ1) is 24.5. The van der Waals surface area contributed by atoms with Crippen molar-refractivity contribution in [2.24, 2.45) is 0 Å². The predicted octanol–water partition coefficient (Wildman–Crippen LogP) is 1.78. The van der Waals surface area contributed by atoms with Gasteiger partial charge < -0.3 is 38.6 Å². The summed E-state index contributed by atoms with van der Waals surface area (Å²) in [4.78, 5) is 38.5. The van der Waals surface area contributed by atoms with Gasteiger partial charge in [-0.05, 0) is 43.7 Å². The van der Waals surface area contributed by atoms with E-state index in [-0.39, 0.29) is 23.4 Å². The Hall–Kier alpha value is -3.67. The average Bonchev–Trinajstić information content (AvgIpc) is 3.23. The van der Waals surface area contributed by atoms with Gasteiger partial charge in [0.15, 0.2) is 12.2 Å². The first-order chi connectivity index (χ1) is 16.7. The maximum absolute atomic E-state index is 12.6. The lowest BCUT2D eigenvalue weighted by atomic mass is 9.99. The van der Waals surface area contributed by atoms with Gasteiger partial charge in [-0.2, -0.15) is 0 Å². The number of aromatic nitrogens is 1. The molecule has 11 heteroatoms. The third-order valence-corrected chi connectivity index (χ3v) is 5.71. The highest BCUT2D eigenvalue weighted by molar-refractivity contribution is 5.87. The van der Waals surface area contributed by atoms with E-state index in [1.54, 1.807) is 32.0 Å². The fourth-order valence-corrected chi connectivity index (χ4v) is 4.08. The zero-order valence-corrected chi connectivity index (χ0v) is 19.2. The van der Waals surface area contributed by atoms with E-state index in [1.165, 1.54) is 19.2 Å². The summed E-state index contributed by atoms with van der Waals surface area (Å²) in [6.07, 6.45) is -5.50. The van der Waals surface area contributed by atoms with Gasteiger partial charge in [0.2, 0.25) is 6.29 Å². The molecule has 1 saturated heterocycles. The number of aromatic amines is 1. The Morgan fingerprint density at radius 2 is 1.91 bits per heavy atom. The van der Waals surface area contributed by atoms with Crippen LogP contribution in [0.3, 0.4) is 0 Å². The Kier molecular flexibility index (Phi) is 6.92. The number of carbonyl (C=O) groups is 2. The number of carboxylic acids is 1. The van der Waals surface area contributed by atoms with Gasteiger partial charge in [-0.1, -0.05) is 0 Å². The van der Waals surface area contributed by atoms with Crippen molar-refractivity contribution in [3.8, 4) is 5.75 Å². The van der Waals surface area contributed by atoms with Crippen molar-refractivity contribution >= 4 is 22.9 Å². The number of carbonyl (C=O) groups excluding carboxylic acids is 1. The molecule has 1 aliphatic rings. The molecule has 1 aliphatic heterocycles. The number of hydrogen-bond acceptors (Lipinski definition) is 9. The maximum Gasteiger partial charge on any atom is 0.355 e. The number of aliphatic carboxylic acids is 1. The van der Waals surface area contributed by atoms with E-state index in [9.17, 15) is 19.5 Å². The Morgan fingerprint density at radius 3 is 2.57 bits per heavy atom. The standard InChI is InChI=1S/C24H25NO10/c1-11-4-7-16(25-11)23(30)35-22-20(29)24(32-12(2)21(22)31-3)33-14-5-6-15-13(8-18(26)27)9-19(28)34-17(15)10-14/h4-7,9-10,12,20-22,24-25,29H,8H2,1-3H3,(H,26,27)/t12-,20+,21-,22-,24-/m0/s1. The van der Waals surface area contributed by atoms with Crippen LogP contribution in [0.2, 0.25) is 0 Å². The second-order valence-electron chi connectivity index (χ2n) is 8.26. The maximum atomic E-state index is 12.6. The van der Waals surface area contributed by atoms with Crippen LogP contribution in [0.25, 0.3) is 11.0 Å². The third-order valence-electron chi connectivity index (χ3n) is 5.71. The summed E-state index contributed by atoms with van der Waals surface area (Å²) in [5, 5.41) is 20.5. The average molecular weight is 487 g/mol. The summed E-state index contributed by atoms with van der Waals surface area (Å²) in [5.74, 6) is -1.58. The zero-order chi connectivity index (χ0) is 25.3. The predicted molar refractivity (Wildman–Crippen MR) is 120 cm³/mol. The summed E-state index contributed by atoms with van der Waals surface area (Å²) in [6.45, 7) is 3.48. The molecule has 3 aromatic rings. The molecule has 0 bridgehead atoms. The molecule has 1 aromatic carbocycles. The molecule has 3 heterocycles. The number of methoxy groups -OCH3 is 1. The normalized spacial score (nSPS) is 24.3. The first-order valence-electron chi connectivity index (χ1n) is 10.8. The van der Waals surface area contributed by atoms with E-state index in [2.05, 4.69) is 4.98 Å². The smallest absolute Gasteiger partial charge is 0.355 e. The molecule has 0 saturated carbocycles. The first-order valence-corrected chi connectivity index (χ1v) is 10.8. The van der Waals surface area contributed by atoms with Crippen LogP contribution in [0.15, 0.2) is 45.6 Å². The van der Waals surface area contributed by atoms with Crippen LogP contribution in [0.5, 0.6) is 5.75 Å². The van der Waals surface area contributed by atoms with E-state index >= 15 is 0 Å². The van der Waals surface area contributed by atoms with Crippen molar-refractivity contribution < 1.29 is 43.2 Å². The van der Waals surface area contributed by atoms with Gasteiger partial charge in [0, 0.05) is 30.3 Å². The van der Waals surface area contributed by atoms with Crippen LogP contribution in [0, 0.1) is 6.92 Å². The van der Waals surface area contributed by atoms with Gasteiger partial charge >= 0.3 is 17.6 Å². The summed E-state index contributed by atoms with van der Waals surface area (Å²) in [7, 11) is 1.41. The quantitative estimate of drug-likeness (QED) is 0.331. The number of esters is 1. The number of aliphatic hydroxyl groups is 1. The van der Waals surface area contributed by atoms with Crippen LogP contribution in [0.1, 0.15) is 28.7 Å². The Morgan fingerprint density at radius 1 is 1.14 bits per heavy atom. The number of benzene rings is 1. The Labute approximate surface area is 199 Å². The van der Waals surface area contributed by atoms with Crippen LogP contribution < -0.4 is 10.4 Å². The van der Waals surface area contributed by atoms with E-state index < -0.39 is 48.3 Å². The number of nitrogens with one attached hydrogen (secondary N) is 1. The number of rotatable bonds is 7. The number of aliphatic hydroxyl groups excluding tert-OH is 1. The van der Waals surface area contributed by atoms with Crippen LogP contribution >= 0.6 is 0 Å². The van der Waals surface area contributed by atoms with E-state index in [4.69, 9.17) is 28.5 Å². The SMILES string of the molecule is CO[C@@H]1[C@@H](OC(=O)c2ccc(C)[nH]2)[C@@H](O)[C@H](Oc2ccc3c(CC(=O)O)cc(=O)oc3c2)O[C@H]1C. The van der Waals surface area contributed by atoms with Gasteiger partial charge in [-0.25, -0.2) is 9.59 Å². The second-order valence-corrected chi connectivity index (χ2v) is 8.26. The summed E-state index contributed by atoms with van der Waals surface area (Å²) in [6, 6.07) is 8.90. The molecule has 3 N–H and O–H groups in total. The van der Waals surface area contributed by atoms with Crippen molar-refractivity contribution in [1.29, 1.82) is 0 Å². The largest absolute Gasteiger partial charge is 0.481 e. The lowest BCUT2D eigenvalue weighted by molar-refractivity contribution is -0.272. The molecular formula is C24H25NO10. The molecule has 11 nitrogen and oxygen atoms in total. The van der Waals surface area contributed by atoms with E-state index in [1.807, 2.05) is 0 Å². The Balaban J connectivity index is 1.57. The van der Waals surface area contributed by atoms with Crippen molar-refractivity contribution in [2.45, 2.75) is 51.0 Å². The number of H-pyrrole nitrogens is 1. The van der Waals surface area contributed by atoms with Gasteiger partial charge in [0.1, 0.15) is 23.1 Å². The van der Waals surface area contributed by atoms with Crippen LogP contribution in [-0.4, -0.2) is 65.0 Å². The molecule has 0 spiro atoms. The molecule has 5 atom stereocenters. The van der Waals surface area contributed by atoms with Crippen molar-refractivity contribution in [3.63, 3.8) is 0 Å². The molecule has 4 rings (SSSR count). The lowest BCUT2D eigenvalue weighted by Crippen LogP contribution is -2.60. The number of ether oxygens (including phenoxy) is 4. The topological polar surface area (TPSA) is 158 Å². The van der Waals surface area contributed by atoms with E-state index in [0.29, 0.717) is 10.9 Å². The molecule has 35 heavy (non-hydrogen) atoms. The van der Waals surface area contributed by atoms with Crippen LogP contribution in [0.4, 0.5) is 0 Å². The van der Waals surface area contributed by atoms with Crippen molar-refractivity contribution in [3.05, 3.63) is 63.8 Å². The molecule has 2 aromatic heterocycles. The molecular weight excluding hydrogens is 462 g/mol. The molecule has 0 radical (unpaired) electrons. The fraction of sp³-hybridized carbons (Fsp3) is 0.375. The van der Waals surface area contributed by atoms with Crippen LogP contribution in [-0.2, 0) is 25.4 Å². The van der Waals surface area contributed by atoms with Gasteiger partial charge in [-0.15, -0.1) is 0 Å². The minimum atomic E-state index is -1.42. The molecule has 0 amide bonds. The van der Waals surface area contributed by atoms with E-state index in [0.717, 1.165) is 11.8 Å². The monoisotopic (exact) mass is 487 g/mol. The molecule has 0 unspecified atom stereocenters. The molecule has 0 aliphatic carbocycles. The number of hydrogen-bond donors (Lipinski definition) is 3. The Bertz CT molecular complexity index is 1290. The highest BCUT2D eigenvalue weighted by Gasteiger charge is 2.47. The highest BCUT2D eigenvalue weighted by atomic mass is 16.7. The molecule has 186 valence electrons. The second kappa shape index (κ2) is 9.90. The van der Waals surface area contributed by atoms with Crippen molar-refractivity contribution in [2.75, 3.05) is 7.11 Å². The van der Waals surface area contributed by atoms with Crippen molar-refractivity contribution in [1.82, 2.24) is 4.98 Å². The van der Waals surface area contributed by atoms with Gasteiger partial charge in [0.25, 0.3) is 0 Å². The molecule has 1 fully saturated rings. The number of aryl methyl sites for hydroxylation is 1. The zero-order valence-electron chi connectivity index (χ0n) is 19.2. The summed E-state index contributed by atoms with van der Waals surface area (Å²) in [5.41, 5.74) is 0.708. The van der Waals surface area contributed by atoms with Gasteiger partial charge in [0.05, 0.1) is 12.5 Å². The fourth-order valence-electron chi connectivity index (χ4n) is 4.08. The lowest BCUT2D eigenvalue weighted by Gasteiger charge is -2.42. The summed E-state index contributed by atoms with van der Waals surface area (Å²) >= 11 is 0. The highest BCUT2D eigenvalue weighted by Crippen LogP contribution is 2.30. The minimum absolute atomic E-state index is 0.115. The number of carboxylic acid groups (broad SMARTS) is 1. The summed E-state index contributed by atoms with van der Waals surface area (Å²) < 4.78 is 27.8. The number of fused-ring (bicyclic) bond motifs is 1. The third kappa shape index (κ3) is 5.21. The van der Waals surface area contributed by atoms with Gasteiger partial charge in [-0.3, -0.25) is 4.79 Å².